The molecule has 1 rings (SSSR count). The number of amides is 1. The highest BCUT2D eigenvalue weighted by molar-refractivity contribution is 5.90. The molecule has 3 N–H and O–H groups in total. The van der Waals surface area contributed by atoms with Gasteiger partial charge in [-0.1, -0.05) is 12.1 Å². The molecular weight excluding hydrogens is 194 g/mol. The molecule has 1 atom stereocenters. The summed E-state index contributed by atoms with van der Waals surface area (Å²) in [5.74, 6) is 0.288. The monoisotopic (exact) mass is 211 g/mol. The molecular formula is C10H17N3O2. The summed E-state index contributed by atoms with van der Waals surface area (Å²) in [7, 11) is 0. The number of carbonyl (C=O) groups is 1. The number of anilines is 1. The number of aryl methyl sites for hydroxylation is 1. The minimum atomic E-state index is -0.0565. The molecule has 0 aromatic carbocycles. The minimum Gasteiger partial charge on any atom is -0.338 e. The Morgan fingerprint density at radius 3 is 3.00 bits per heavy atom. The van der Waals surface area contributed by atoms with Crippen molar-refractivity contribution >= 4 is 11.8 Å². The third kappa shape index (κ3) is 3.71. The first kappa shape index (κ1) is 11.7. The van der Waals surface area contributed by atoms with Gasteiger partial charge < -0.3 is 10.3 Å². The van der Waals surface area contributed by atoms with Crippen LogP contribution in [-0.2, 0) is 4.79 Å². The Balaban J connectivity index is 2.41. The van der Waals surface area contributed by atoms with Gasteiger partial charge in [0.2, 0.25) is 11.8 Å². The van der Waals surface area contributed by atoms with E-state index in [-0.39, 0.29) is 11.8 Å². The normalized spacial score (nSPS) is 12.5. The summed E-state index contributed by atoms with van der Waals surface area (Å²) in [5, 5.41) is 6.34. The molecule has 0 fully saturated rings. The van der Waals surface area contributed by atoms with Gasteiger partial charge in [-0.3, -0.25) is 10.1 Å². The second kappa shape index (κ2) is 5.50. The van der Waals surface area contributed by atoms with Gasteiger partial charge in [0.05, 0.1) is 5.69 Å². The van der Waals surface area contributed by atoms with E-state index in [1.807, 2.05) is 6.92 Å². The average molecular weight is 211 g/mol. The zero-order valence-electron chi connectivity index (χ0n) is 9.12. The zero-order valence-corrected chi connectivity index (χ0v) is 9.12. The number of nitrogens with one attached hydrogen (secondary N) is 1. The molecule has 15 heavy (non-hydrogen) atoms. The first-order valence-electron chi connectivity index (χ1n) is 5.07. The topological polar surface area (TPSA) is 81.2 Å². The zero-order chi connectivity index (χ0) is 11.3. The molecule has 0 saturated heterocycles. The van der Waals surface area contributed by atoms with Crippen LogP contribution in [0, 0.1) is 12.8 Å². The van der Waals surface area contributed by atoms with Crippen LogP contribution < -0.4 is 11.1 Å². The number of nitrogens with two attached hydrogens (primary N) is 1. The third-order valence-electron chi connectivity index (χ3n) is 2.16. The van der Waals surface area contributed by atoms with Crippen molar-refractivity contribution < 1.29 is 9.32 Å². The number of nitrogens with zero attached hydrogens (tertiary/aromatic N) is 1. The van der Waals surface area contributed by atoms with Crippen molar-refractivity contribution in [2.45, 2.75) is 26.7 Å². The minimum absolute atomic E-state index is 0.0559. The molecule has 0 saturated carbocycles. The van der Waals surface area contributed by atoms with E-state index in [0.29, 0.717) is 12.4 Å². The number of rotatable bonds is 5. The van der Waals surface area contributed by atoms with Gasteiger partial charge in [-0.25, -0.2) is 0 Å². The van der Waals surface area contributed by atoms with Gasteiger partial charge in [0, 0.05) is 12.0 Å². The van der Waals surface area contributed by atoms with Crippen molar-refractivity contribution in [3.05, 3.63) is 11.8 Å². The predicted molar refractivity (Wildman–Crippen MR) is 57.3 cm³/mol. The first-order chi connectivity index (χ1) is 7.13. The van der Waals surface area contributed by atoms with Gasteiger partial charge in [-0.15, -0.1) is 0 Å². The second-order valence-electron chi connectivity index (χ2n) is 3.65. The number of aromatic nitrogens is 1. The lowest BCUT2D eigenvalue weighted by Crippen LogP contribution is -2.20. The van der Waals surface area contributed by atoms with Gasteiger partial charge in [-0.05, 0) is 26.3 Å². The maximum Gasteiger partial charge on any atom is 0.231 e. The average Bonchev–Trinajstić information content (AvgIpc) is 2.60. The molecule has 1 unspecified atom stereocenters. The van der Waals surface area contributed by atoms with Gasteiger partial charge in [0.15, 0.2) is 0 Å². The van der Waals surface area contributed by atoms with Gasteiger partial charge in [0.1, 0.15) is 0 Å². The van der Waals surface area contributed by atoms with Crippen LogP contribution in [0.1, 0.15) is 25.5 Å². The molecule has 1 amide bonds. The molecule has 0 aliphatic carbocycles. The fourth-order valence-corrected chi connectivity index (χ4v) is 1.22. The first-order valence-corrected chi connectivity index (χ1v) is 5.07. The van der Waals surface area contributed by atoms with E-state index in [9.17, 15) is 4.79 Å². The molecule has 5 nitrogen and oxygen atoms in total. The predicted octanol–water partition coefficient (Wildman–Crippen LogP) is 1.30. The Kier molecular flexibility index (Phi) is 4.30. The Bertz CT molecular complexity index is 322. The molecule has 5 heteroatoms. The third-order valence-corrected chi connectivity index (χ3v) is 2.16. The Labute approximate surface area is 89.0 Å². The van der Waals surface area contributed by atoms with E-state index < -0.39 is 0 Å². The summed E-state index contributed by atoms with van der Waals surface area (Å²) in [6, 6.07) is 1.69. The van der Waals surface area contributed by atoms with Gasteiger partial charge in [0.25, 0.3) is 0 Å². The number of carbonyl (C=O) groups excluding carboxylic acids is 1. The van der Waals surface area contributed by atoms with E-state index in [4.69, 9.17) is 10.3 Å². The molecule has 1 aromatic rings. The quantitative estimate of drug-likeness (QED) is 0.769. The van der Waals surface area contributed by atoms with E-state index >= 15 is 0 Å². The van der Waals surface area contributed by atoms with Crippen molar-refractivity contribution in [2.75, 3.05) is 11.9 Å². The summed E-state index contributed by atoms with van der Waals surface area (Å²) < 4.78 is 4.88. The fraction of sp³-hybridized carbons (Fsp3) is 0.600. The van der Waals surface area contributed by atoms with Crippen molar-refractivity contribution in [3.8, 4) is 0 Å². The van der Waals surface area contributed by atoms with Crippen LogP contribution in [0.15, 0.2) is 10.6 Å². The fourth-order valence-electron chi connectivity index (χ4n) is 1.22. The van der Waals surface area contributed by atoms with Crippen LogP contribution in [0.2, 0.25) is 0 Å². The standard InChI is InChI=1S/C10H17N3O2/c1-7(4-3-5-11)10(14)12-9-6-8(2)13-15-9/h6-7H,3-5,11H2,1-2H3,(H,12,14). The smallest absolute Gasteiger partial charge is 0.231 e. The van der Waals surface area contributed by atoms with E-state index in [1.165, 1.54) is 0 Å². The van der Waals surface area contributed by atoms with Crippen LogP contribution in [0.25, 0.3) is 0 Å². The van der Waals surface area contributed by atoms with Crippen LogP contribution in [-0.4, -0.2) is 17.6 Å². The second-order valence-corrected chi connectivity index (χ2v) is 3.65. The lowest BCUT2D eigenvalue weighted by molar-refractivity contribution is -0.119. The molecule has 1 aromatic heterocycles. The number of hydrogen-bond donors (Lipinski definition) is 2. The molecule has 84 valence electrons. The van der Waals surface area contributed by atoms with Gasteiger partial charge in [-0.2, -0.15) is 0 Å². The van der Waals surface area contributed by atoms with Crippen LogP contribution >= 0.6 is 0 Å². The van der Waals surface area contributed by atoms with Crippen LogP contribution in [0.4, 0.5) is 5.88 Å². The lowest BCUT2D eigenvalue weighted by Gasteiger charge is -2.08. The van der Waals surface area contributed by atoms with Crippen molar-refractivity contribution in [3.63, 3.8) is 0 Å². The van der Waals surface area contributed by atoms with Crippen LogP contribution in [0.3, 0.4) is 0 Å². The summed E-state index contributed by atoms with van der Waals surface area (Å²) in [5.41, 5.74) is 6.12. The highest BCUT2D eigenvalue weighted by Crippen LogP contribution is 2.12. The van der Waals surface area contributed by atoms with E-state index in [2.05, 4.69) is 10.5 Å². The highest BCUT2D eigenvalue weighted by Gasteiger charge is 2.14. The van der Waals surface area contributed by atoms with Crippen molar-refractivity contribution in [2.24, 2.45) is 11.7 Å². The van der Waals surface area contributed by atoms with E-state index in [1.54, 1.807) is 13.0 Å². The maximum atomic E-state index is 11.6. The lowest BCUT2D eigenvalue weighted by atomic mass is 10.1. The van der Waals surface area contributed by atoms with E-state index in [0.717, 1.165) is 18.5 Å². The summed E-state index contributed by atoms with van der Waals surface area (Å²) in [6.07, 6.45) is 1.64. The number of hydrogen-bond acceptors (Lipinski definition) is 4. The Morgan fingerprint density at radius 1 is 1.73 bits per heavy atom. The maximum absolute atomic E-state index is 11.6. The SMILES string of the molecule is Cc1cc(NC(=O)C(C)CCCN)on1. The van der Waals surface area contributed by atoms with Crippen molar-refractivity contribution in [1.29, 1.82) is 0 Å². The molecule has 1 heterocycles. The molecule has 0 aliphatic rings. The highest BCUT2D eigenvalue weighted by atomic mass is 16.5. The summed E-state index contributed by atoms with van der Waals surface area (Å²) in [4.78, 5) is 11.6. The Morgan fingerprint density at radius 2 is 2.47 bits per heavy atom. The van der Waals surface area contributed by atoms with Crippen LogP contribution in [0.5, 0.6) is 0 Å². The van der Waals surface area contributed by atoms with Crippen molar-refractivity contribution in [1.82, 2.24) is 5.16 Å². The molecule has 0 radical (unpaired) electrons. The molecule has 0 bridgehead atoms. The molecule has 0 spiro atoms. The molecule has 0 aliphatic heterocycles. The van der Waals surface area contributed by atoms with Gasteiger partial charge >= 0.3 is 0 Å². The largest absolute Gasteiger partial charge is 0.338 e. The summed E-state index contributed by atoms with van der Waals surface area (Å²) in [6.45, 7) is 4.28. The Hall–Kier alpha value is -1.36. The summed E-state index contributed by atoms with van der Waals surface area (Å²) >= 11 is 0.